The van der Waals surface area contributed by atoms with Crippen molar-refractivity contribution in [3.8, 4) is 5.75 Å². The largest absolute Gasteiger partial charge is 0.497 e. The molecule has 5 heteroatoms. The molecule has 1 atom stereocenters. The van der Waals surface area contributed by atoms with E-state index in [-0.39, 0.29) is 11.9 Å². The molecule has 0 aliphatic heterocycles. The maximum atomic E-state index is 12.4. The van der Waals surface area contributed by atoms with Gasteiger partial charge in [0.05, 0.1) is 12.8 Å². The maximum Gasteiger partial charge on any atom is 0.263 e. The van der Waals surface area contributed by atoms with Crippen molar-refractivity contribution in [1.82, 2.24) is 5.32 Å². The standard InChI is InChI=1S/C16H20N2O2S/c1-9(7-10-3-4-10)18-16(19)15-14(17)12-6-5-11(20-2)8-13(12)21-15/h5-6,8-10H,3-4,7,17H2,1-2H3,(H,18,19). The quantitative estimate of drug-likeness (QED) is 0.889. The summed E-state index contributed by atoms with van der Waals surface area (Å²) >= 11 is 1.42. The number of benzene rings is 1. The molecule has 0 bridgehead atoms. The fourth-order valence-electron chi connectivity index (χ4n) is 2.59. The molecule has 1 aliphatic rings. The Labute approximate surface area is 128 Å². The number of hydrogen-bond acceptors (Lipinski definition) is 4. The molecule has 2 aromatic rings. The minimum atomic E-state index is -0.0687. The van der Waals surface area contributed by atoms with Gasteiger partial charge in [-0.3, -0.25) is 4.79 Å². The number of nitrogen functional groups attached to an aromatic ring is 1. The molecule has 112 valence electrons. The summed E-state index contributed by atoms with van der Waals surface area (Å²) in [6.07, 6.45) is 3.65. The van der Waals surface area contributed by atoms with Gasteiger partial charge in [0.2, 0.25) is 0 Å². The number of fused-ring (bicyclic) bond motifs is 1. The Kier molecular flexibility index (Phi) is 3.76. The highest BCUT2D eigenvalue weighted by Gasteiger charge is 2.25. The summed E-state index contributed by atoms with van der Waals surface area (Å²) in [5.41, 5.74) is 6.69. The van der Waals surface area contributed by atoms with Crippen molar-refractivity contribution in [3.05, 3.63) is 23.1 Å². The van der Waals surface area contributed by atoms with E-state index in [9.17, 15) is 4.79 Å². The zero-order valence-corrected chi connectivity index (χ0v) is 13.1. The highest BCUT2D eigenvalue weighted by molar-refractivity contribution is 7.21. The summed E-state index contributed by atoms with van der Waals surface area (Å²) in [5.74, 6) is 1.50. The Bertz CT molecular complexity index is 676. The van der Waals surface area contributed by atoms with Crippen LogP contribution in [0, 0.1) is 5.92 Å². The van der Waals surface area contributed by atoms with Crippen LogP contribution in [0.3, 0.4) is 0 Å². The molecule has 1 amide bonds. The molecule has 1 saturated carbocycles. The minimum absolute atomic E-state index is 0.0687. The number of amides is 1. The summed E-state index contributed by atoms with van der Waals surface area (Å²) in [6.45, 7) is 2.06. The van der Waals surface area contributed by atoms with Gasteiger partial charge < -0.3 is 15.8 Å². The number of hydrogen-bond donors (Lipinski definition) is 2. The average Bonchev–Trinajstić information content (AvgIpc) is 3.21. The first kappa shape index (κ1) is 14.2. The number of carbonyl (C=O) groups excluding carboxylic acids is 1. The second-order valence-corrected chi connectivity index (χ2v) is 6.81. The van der Waals surface area contributed by atoms with E-state index in [2.05, 4.69) is 12.2 Å². The van der Waals surface area contributed by atoms with Crippen molar-refractivity contribution in [2.75, 3.05) is 12.8 Å². The molecule has 3 N–H and O–H groups in total. The second kappa shape index (κ2) is 5.56. The third-order valence-corrected chi connectivity index (χ3v) is 5.07. The summed E-state index contributed by atoms with van der Waals surface area (Å²) in [5, 5.41) is 3.98. The number of anilines is 1. The average molecular weight is 304 g/mol. The van der Waals surface area contributed by atoms with Gasteiger partial charge in [-0.2, -0.15) is 0 Å². The van der Waals surface area contributed by atoms with E-state index in [1.54, 1.807) is 7.11 Å². The number of ether oxygens (including phenoxy) is 1. The molecule has 1 fully saturated rings. The van der Waals surface area contributed by atoms with Crippen LogP contribution in [0.15, 0.2) is 18.2 Å². The Morgan fingerprint density at radius 2 is 2.29 bits per heavy atom. The first-order chi connectivity index (χ1) is 10.1. The second-order valence-electron chi connectivity index (χ2n) is 5.76. The molecule has 0 saturated heterocycles. The lowest BCUT2D eigenvalue weighted by atomic mass is 10.1. The molecule has 0 radical (unpaired) electrons. The predicted octanol–water partition coefficient (Wildman–Crippen LogP) is 3.41. The predicted molar refractivity (Wildman–Crippen MR) is 87.1 cm³/mol. The Hall–Kier alpha value is -1.75. The number of methoxy groups -OCH3 is 1. The summed E-state index contributed by atoms with van der Waals surface area (Å²) < 4.78 is 6.19. The van der Waals surface area contributed by atoms with E-state index in [0.717, 1.165) is 28.2 Å². The van der Waals surface area contributed by atoms with Gasteiger partial charge in [-0.1, -0.05) is 12.8 Å². The molecular formula is C16H20N2O2S. The summed E-state index contributed by atoms with van der Waals surface area (Å²) in [4.78, 5) is 13.0. The van der Waals surface area contributed by atoms with Gasteiger partial charge >= 0.3 is 0 Å². The third-order valence-electron chi connectivity index (χ3n) is 3.90. The SMILES string of the molecule is COc1ccc2c(N)c(C(=O)NC(C)CC3CC3)sc2c1. The Morgan fingerprint density at radius 1 is 1.52 bits per heavy atom. The van der Waals surface area contributed by atoms with Crippen LogP contribution in [-0.2, 0) is 0 Å². The highest BCUT2D eigenvalue weighted by atomic mass is 32.1. The summed E-state index contributed by atoms with van der Waals surface area (Å²) in [7, 11) is 1.63. The first-order valence-electron chi connectivity index (χ1n) is 7.25. The lowest BCUT2D eigenvalue weighted by molar-refractivity contribution is 0.0942. The zero-order chi connectivity index (χ0) is 15.0. The zero-order valence-electron chi connectivity index (χ0n) is 12.3. The molecule has 1 aromatic carbocycles. The van der Waals surface area contributed by atoms with Crippen molar-refractivity contribution in [3.63, 3.8) is 0 Å². The number of carbonyl (C=O) groups is 1. The first-order valence-corrected chi connectivity index (χ1v) is 8.07. The van der Waals surface area contributed by atoms with Gasteiger partial charge in [-0.15, -0.1) is 11.3 Å². The van der Waals surface area contributed by atoms with Crippen LogP contribution in [0.4, 0.5) is 5.69 Å². The number of thiophene rings is 1. The van der Waals surface area contributed by atoms with E-state index in [0.29, 0.717) is 10.6 Å². The van der Waals surface area contributed by atoms with Crippen molar-refractivity contribution < 1.29 is 9.53 Å². The molecular weight excluding hydrogens is 284 g/mol. The van der Waals surface area contributed by atoms with Crippen LogP contribution in [0.1, 0.15) is 35.9 Å². The van der Waals surface area contributed by atoms with Crippen molar-refractivity contribution >= 4 is 33.0 Å². The van der Waals surface area contributed by atoms with Gasteiger partial charge in [0.15, 0.2) is 0 Å². The van der Waals surface area contributed by atoms with Crippen LogP contribution in [0.2, 0.25) is 0 Å². The van der Waals surface area contributed by atoms with E-state index in [4.69, 9.17) is 10.5 Å². The molecule has 21 heavy (non-hydrogen) atoms. The van der Waals surface area contributed by atoms with Crippen LogP contribution >= 0.6 is 11.3 Å². The fourth-order valence-corrected chi connectivity index (χ4v) is 3.65. The molecule has 1 aliphatic carbocycles. The minimum Gasteiger partial charge on any atom is -0.497 e. The van der Waals surface area contributed by atoms with Crippen molar-refractivity contribution in [2.45, 2.75) is 32.2 Å². The fraction of sp³-hybridized carbons (Fsp3) is 0.438. The normalized spacial score (nSPS) is 15.9. The van der Waals surface area contributed by atoms with Gasteiger partial charge in [-0.05, 0) is 37.5 Å². The van der Waals surface area contributed by atoms with Crippen LogP contribution < -0.4 is 15.8 Å². The Morgan fingerprint density at radius 3 is 2.95 bits per heavy atom. The lowest BCUT2D eigenvalue weighted by Crippen LogP contribution is -2.32. The van der Waals surface area contributed by atoms with Gasteiger partial charge in [0.1, 0.15) is 10.6 Å². The van der Waals surface area contributed by atoms with Crippen LogP contribution in [0.5, 0.6) is 5.75 Å². The van der Waals surface area contributed by atoms with E-state index in [1.807, 2.05) is 18.2 Å². The van der Waals surface area contributed by atoms with E-state index < -0.39 is 0 Å². The topological polar surface area (TPSA) is 64.3 Å². The maximum absolute atomic E-state index is 12.4. The number of rotatable bonds is 5. The lowest BCUT2D eigenvalue weighted by Gasteiger charge is -2.12. The van der Waals surface area contributed by atoms with Crippen molar-refractivity contribution in [1.29, 1.82) is 0 Å². The van der Waals surface area contributed by atoms with Crippen LogP contribution in [0.25, 0.3) is 10.1 Å². The highest BCUT2D eigenvalue weighted by Crippen LogP contribution is 2.36. The molecule has 0 spiro atoms. The smallest absolute Gasteiger partial charge is 0.263 e. The summed E-state index contributed by atoms with van der Waals surface area (Å²) in [6, 6.07) is 5.89. The van der Waals surface area contributed by atoms with Gasteiger partial charge in [0, 0.05) is 16.1 Å². The van der Waals surface area contributed by atoms with Gasteiger partial charge in [0.25, 0.3) is 5.91 Å². The molecule has 3 rings (SSSR count). The molecule has 1 aromatic heterocycles. The monoisotopic (exact) mass is 304 g/mol. The van der Waals surface area contributed by atoms with Crippen molar-refractivity contribution in [2.24, 2.45) is 5.92 Å². The molecule has 1 heterocycles. The molecule has 1 unspecified atom stereocenters. The van der Waals surface area contributed by atoms with E-state index in [1.165, 1.54) is 24.2 Å². The third kappa shape index (κ3) is 2.97. The molecule has 4 nitrogen and oxygen atoms in total. The number of nitrogens with two attached hydrogens (primary N) is 1. The van der Waals surface area contributed by atoms with Crippen LogP contribution in [-0.4, -0.2) is 19.1 Å². The number of nitrogens with one attached hydrogen (secondary N) is 1. The van der Waals surface area contributed by atoms with E-state index >= 15 is 0 Å². The Balaban J connectivity index is 1.81. The van der Waals surface area contributed by atoms with Gasteiger partial charge in [-0.25, -0.2) is 0 Å².